The van der Waals surface area contributed by atoms with Gasteiger partial charge in [0.05, 0.1) is 22.5 Å². The molecule has 0 bridgehead atoms. The first kappa shape index (κ1) is 10.7. The van der Waals surface area contributed by atoms with E-state index in [-0.39, 0.29) is 5.75 Å². The van der Waals surface area contributed by atoms with Crippen LogP contribution < -0.4 is 5.73 Å². The van der Waals surface area contributed by atoms with Crippen molar-refractivity contribution in [2.75, 3.05) is 12.0 Å². The molecule has 2 N–H and O–H groups in total. The Kier molecular flexibility index (Phi) is 3.15. The molecule has 0 fully saturated rings. The summed E-state index contributed by atoms with van der Waals surface area (Å²) in [6.45, 7) is 0. The Morgan fingerprint density at radius 2 is 2.31 bits per heavy atom. The summed E-state index contributed by atoms with van der Waals surface area (Å²) in [5.74, 6) is 0.351. The number of hydrogen-bond donors (Lipinski definition) is 1. The molecule has 1 heterocycles. The standard InChI is InChI=1S/C7H10BrNO3S/c1-13(10,11)4-6(9)7-5(8)2-3-12-7/h2-3,6H,4,9H2,1H3. The van der Waals surface area contributed by atoms with Crippen LogP contribution in [0.15, 0.2) is 21.2 Å². The Morgan fingerprint density at radius 1 is 1.69 bits per heavy atom. The molecule has 0 saturated heterocycles. The molecule has 0 spiro atoms. The molecule has 0 radical (unpaired) electrons. The van der Waals surface area contributed by atoms with Gasteiger partial charge in [-0.3, -0.25) is 0 Å². The highest BCUT2D eigenvalue weighted by molar-refractivity contribution is 9.10. The first-order valence-electron chi connectivity index (χ1n) is 3.56. The third-order valence-electron chi connectivity index (χ3n) is 1.46. The molecule has 1 unspecified atom stereocenters. The molecule has 0 aromatic carbocycles. The molecule has 74 valence electrons. The van der Waals surface area contributed by atoms with E-state index >= 15 is 0 Å². The van der Waals surface area contributed by atoms with Crippen LogP contribution in [0.5, 0.6) is 0 Å². The van der Waals surface area contributed by atoms with E-state index in [9.17, 15) is 8.42 Å². The van der Waals surface area contributed by atoms with Crippen molar-refractivity contribution in [3.8, 4) is 0 Å². The van der Waals surface area contributed by atoms with E-state index in [0.717, 1.165) is 6.26 Å². The fourth-order valence-electron chi connectivity index (χ4n) is 0.972. The van der Waals surface area contributed by atoms with Crippen molar-refractivity contribution in [1.29, 1.82) is 0 Å². The van der Waals surface area contributed by atoms with E-state index in [1.807, 2.05) is 0 Å². The summed E-state index contributed by atoms with van der Waals surface area (Å²) in [5.41, 5.74) is 5.62. The average molecular weight is 268 g/mol. The van der Waals surface area contributed by atoms with E-state index in [2.05, 4.69) is 15.9 Å². The lowest BCUT2D eigenvalue weighted by Gasteiger charge is -2.07. The molecule has 1 aromatic rings. The van der Waals surface area contributed by atoms with Crippen LogP contribution in [0.25, 0.3) is 0 Å². The summed E-state index contributed by atoms with van der Waals surface area (Å²) in [7, 11) is -3.07. The lowest BCUT2D eigenvalue weighted by molar-refractivity contribution is 0.475. The van der Waals surface area contributed by atoms with Crippen LogP contribution in [-0.4, -0.2) is 20.4 Å². The molecule has 0 amide bonds. The first-order chi connectivity index (χ1) is 5.90. The van der Waals surface area contributed by atoms with Crippen molar-refractivity contribution >= 4 is 25.8 Å². The first-order valence-corrected chi connectivity index (χ1v) is 6.41. The van der Waals surface area contributed by atoms with Crippen molar-refractivity contribution < 1.29 is 12.8 Å². The average Bonchev–Trinajstić information content (AvgIpc) is 2.30. The molecule has 1 atom stereocenters. The van der Waals surface area contributed by atoms with Gasteiger partial charge >= 0.3 is 0 Å². The van der Waals surface area contributed by atoms with Gasteiger partial charge in [0.2, 0.25) is 0 Å². The summed E-state index contributed by atoms with van der Waals surface area (Å²) < 4.78 is 27.6. The molecule has 0 aliphatic heterocycles. The van der Waals surface area contributed by atoms with Crippen LogP contribution in [0.3, 0.4) is 0 Å². The van der Waals surface area contributed by atoms with Crippen molar-refractivity contribution in [2.24, 2.45) is 5.73 Å². The second-order valence-corrected chi connectivity index (χ2v) is 5.87. The van der Waals surface area contributed by atoms with E-state index in [0.29, 0.717) is 10.2 Å². The van der Waals surface area contributed by atoms with Crippen molar-refractivity contribution in [1.82, 2.24) is 0 Å². The van der Waals surface area contributed by atoms with E-state index in [1.54, 1.807) is 6.07 Å². The van der Waals surface area contributed by atoms with Gasteiger partial charge in [0.15, 0.2) is 0 Å². The van der Waals surface area contributed by atoms with Gasteiger partial charge in [-0.1, -0.05) is 0 Å². The van der Waals surface area contributed by atoms with Crippen LogP contribution in [0.4, 0.5) is 0 Å². The minimum atomic E-state index is -3.07. The maximum atomic E-state index is 10.9. The summed E-state index contributed by atoms with van der Waals surface area (Å²) in [6, 6.07) is 1.07. The second kappa shape index (κ2) is 3.81. The minimum absolute atomic E-state index is 0.112. The maximum absolute atomic E-state index is 10.9. The van der Waals surface area contributed by atoms with E-state index < -0.39 is 15.9 Å². The summed E-state index contributed by atoms with van der Waals surface area (Å²) in [4.78, 5) is 0. The van der Waals surface area contributed by atoms with Crippen molar-refractivity contribution in [3.05, 3.63) is 22.6 Å². The fraction of sp³-hybridized carbons (Fsp3) is 0.429. The molecule has 1 rings (SSSR count). The summed E-state index contributed by atoms with van der Waals surface area (Å²) in [6.07, 6.45) is 2.60. The Balaban J connectivity index is 2.81. The smallest absolute Gasteiger partial charge is 0.149 e. The highest BCUT2D eigenvalue weighted by Crippen LogP contribution is 2.23. The Labute approximate surface area is 85.2 Å². The van der Waals surface area contributed by atoms with E-state index in [1.165, 1.54) is 6.26 Å². The predicted octanol–water partition coefficient (Wildman–Crippen LogP) is 1.09. The minimum Gasteiger partial charge on any atom is -0.466 e. The third kappa shape index (κ3) is 3.13. The van der Waals surface area contributed by atoms with Gasteiger partial charge in [-0.2, -0.15) is 0 Å². The monoisotopic (exact) mass is 267 g/mol. The van der Waals surface area contributed by atoms with Gasteiger partial charge in [-0.25, -0.2) is 8.42 Å². The number of hydrogen-bond acceptors (Lipinski definition) is 4. The van der Waals surface area contributed by atoms with Crippen LogP contribution in [0.1, 0.15) is 11.8 Å². The number of rotatable bonds is 3. The molecule has 0 aliphatic rings. The maximum Gasteiger partial charge on any atom is 0.149 e. The largest absolute Gasteiger partial charge is 0.466 e. The Hall–Kier alpha value is -0.330. The Bertz CT molecular complexity index is 384. The lowest BCUT2D eigenvalue weighted by atomic mass is 10.3. The lowest BCUT2D eigenvalue weighted by Crippen LogP contribution is -2.20. The molecule has 6 heteroatoms. The number of halogens is 1. The summed E-state index contributed by atoms with van der Waals surface area (Å²) >= 11 is 3.21. The zero-order valence-electron chi connectivity index (χ0n) is 7.03. The third-order valence-corrected chi connectivity index (χ3v) is 3.08. The molecule has 1 aromatic heterocycles. The van der Waals surface area contributed by atoms with Gasteiger partial charge in [-0.05, 0) is 22.0 Å². The van der Waals surface area contributed by atoms with Gasteiger partial charge in [-0.15, -0.1) is 0 Å². The zero-order valence-corrected chi connectivity index (χ0v) is 9.43. The molecule has 0 saturated carbocycles. The number of sulfone groups is 1. The van der Waals surface area contributed by atoms with Gasteiger partial charge < -0.3 is 10.2 Å². The number of nitrogens with two attached hydrogens (primary N) is 1. The van der Waals surface area contributed by atoms with Crippen LogP contribution in [0.2, 0.25) is 0 Å². The molecular weight excluding hydrogens is 258 g/mol. The zero-order chi connectivity index (χ0) is 10.1. The molecular formula is C7H10BrNO3S. The summed E-state index contributed by atoms with van der Waals surface area (Å²) in [5, 5.41) is 0. The highest BCUT2D eigenvalue weighted by Gasteiger charge is 2.18. The SMILES string of the molecule is CS(=O)(=O)CC(N)c1occc1Br. The molecule has 0 aliphatic carbocycles. The molecule has 4 nitrogen and oxygen atoms in total. The van der Waals surface area contributed by atoms with Gasteiger partial charge in [0, 0.05) is 6.26 Å². The Morgan fingerprint density at radius 3 is 2.69 bits per heavy atom. The quantitative estimate of drug-likeness (QED) is 0.890. The van der Waals surface area contributed by atoms with E-state index in [4.69, 9.17) is 10.2 Å². The van der Waals surface area contributed by atoms with Crippen LogP contribution in [-0.2, 0) is 9.84 Å². The molecule has 13 heavy (non-hydrogen) atoms. The van der Waals surface area contributed by atoms with Crippen LogP contribution in [0, 0.1) is 0 Å². The normalized spacial score (nSPS) is 14.4. The van der Waals surface area contributed by atoms with Gasteiger partial charge in [0.25, 0.3) is 0 Å². The second-order valence-electron chi connectivity index (χ2n) is 2.83. The fourth-order valence-corrected chi connectivity index (χ4v) is 2.27. The van der Waals surface area contributed by atoms with Crippen molar-refractivity contribution in [3.63, 3.8) is 0 Å². The topological polar surface area (TPSA) is 73.3 Å². The van der Waals surface area contributed by atoms with Crippen LogP contribution >= 0.6 is 15.9 Å². The predicted molar refractivity (Wildman–Crippen MR) is 53.0 cm³/mol. The highest BCUT2D eigenvalue weighted by atomic mass is 79.9. The number of furan rings is 1. The van der Waals surface area contributed by atoms with Gasteiger partial charge in [0.1, 0.15) is 15.6 Å². The van der Waals surface area contributed by atoms with Crippen molar-refractivity contribution in [2.45, 2.75) is 6.04 Å².